The lowest BCUT2D eigenvalue weighted by atomic mass is 10.1. The lowest BCUT2D eigenvalue weighted by Crippen LogP contribution is -2.36. The molecule has 0 spiro atoms. The number of anilines is 1. The molecule has 0 saturated carbocycles. The second kappa shape index (κ2) is 6.90. The molecule has 0 aliphatic carbocycles. The Balaban J connectivity index is 2.07. The molecule has 0 aromatic heterocycles. The summed E-state index contributed by atoms with van der Waals surface area (Å²) < 4.78 is 37.2. The minimum atomic E-state index is -4.51. The Bertz CT molecular complexity index is 661. The summed E-state index contributed by atoms with van der Waals surface area (Å²) in [6.45, 7) is -1.67. The van der Waals surface area contributed by atoms with Crippen LogP contribution in [0.15, 0.2) is 24.3 Å². The van der Waals surface area contributed by atoms with Gasteiger partial charge in [0.25, 0.3) is 5.91 Å². The number of para-hydroxylation sites is 1. The number of carbonyl (C=O) groups excluding carboxylic acids is 3. The van der Waals surface area contributed by atoms with Gasteiger partial charge in [0, 0.05) is 20.0 Å². The van der Waals surface area contributed by atoms with Gasteiger partial charge in [-0.25, -0.2) is 0 Å². The van der Waals surface area contributed by atoms with E-state index in [1.54, 1.807) is 12.1 Å². The van der Waals surface area contributed by atoms with Crippen molar-refractivity contribution in [1.29, 1.82) is 0 Å². The fourth-order valence-electron chi connectivity index (χ4n) is 2.48. The molecule has 9 heteroatoms. The Hall–Kier alpha value is -2.58. The maximum Gasteiger partial charge on any atom is 0.406 e. The van der Waals surface area contributed by atoms with Crippen LogP contribution in [0.1, 0.15) is 16.8 Å². The van der Waals surface area contributed by atoms with E-state index in [2.05, 4.69) is 10.6 Å². The molecule has 0 bridgehead atoms. The SMILES string of the molecule is CNC(=O)c1ccccc1NC(=O)[C@@H]1CC(=O)N(CC(F)(F)F)C1. The lowest BCUT2D eigenvalue weighted by Gasteiger charge is -2.18. The second-order valence-corrected chi connectivity index (χ2v) is 5.40. The van der Waals surface area contributed by atoms with Gasteiger partial charge in [-0.2, -0.15) is 13.2 Å². The van der Waals surface area contributed by atoms with Gasteiger partial charge in [-0.15, -0.1) is 0 Å². The number of benzene rings is 1. The average molecular weight is 343 g/mol. The number of halogens is 3. The molecule has 1 aliphatic rings. The molecule has 1 saturated heterocycles. The standard InChI is InChI=1S/C15H16F3N3O3/c1-19-14(24)10-4-2-3-5-11(10)20-13(23)9-6-12(22)21(7-9)8-15(16,17)18/h2-5,9H,6-8H2,1H3,(H,19,24)(H,20,23)/t9-/m1/s1. The van der Waals surface area contributed by atoms with Gasteiger partial charge in [0.15, 0.2) is 0 Å². The van der Waals surface area contributed by atoms with Crippen LogP contribution in [-0.4, -0.2) is 48.9 Å². The molecule has 24 heavy (non-hydrogen) atoms. The molecule has 1 heterocycles. The van der Waals surface area contributed by atoms with E-state index in [0.29, 0.717) is 4.90 Å². The zero-order valence-electron chi connectivity index (χ0n) is 12.8. The van der Waals surface area contributed by atoms with Crippen LogP contribution in [0.2, 0.25) is 0 Å². The van der Waals surface area contributed by atoms with Crippen molar-refractivity contribution < 1.29 is 27.6 Å². The maximum atomic E-state index is 12.4. The van der Waals surface area contributed by atoms with Gasteiger partial charge < -0.3 is 15.5 Å². The van der Waals surface area contributed by atoms with E-state index in [0.717, 1.165) is 0 Å². The normalized spacial score (nSPS) is 17.8. The summed E-state index contributed by atoms with van der Waals surface area (Å²) in [6.07, 6.45) is -4.79. The van der Waals surface area contributed by atoms with Gasteiger partial charge in [-0.05, 0) is 12.1 Å². The van der Waals surface area contributed by atoms with E-state index in [9.17, 15) is 27.6 Å². The van der Waals surface area contributed by atoms with E-state index in [-0.39, 0.29) is 24.2 Å². The molecule has 0 unspecified atom stereocenters. The van der Waals surface area contributed by atoms with Crippen molar-refractivity contribution in [1.82, 2.24) is 10.2 Å². The number of nitrogens with one attached hydrogen (secondary N) is 2. The highest BCUT2D eigenvalue weighted by Crippen LogP contribution is 2.25. The fraction of sp³-hybridized carbons (Fsp3) is 0.400. The first-order chi connectivity index (χ1) is 11.2. The van der Waals surface area contributed by atoms with Gasteiger partial charge in [0.05, 0.1) is 17.2 Å². The molecule has 2 N–H and O–H groups in total. The summed E-state index contributed by atoms with van der Waals surface area (Å²) in [6, 6.07) is 6.24. The highest BCUT2D eigenvalue weighted by molar-refractivity contribution is 6.05. The Morgan fingerprint density at radius 1 is 1.29 bits per heavy atom. The van der Waals surface area contributed by atoms with E-state index >= 15 is 0 Å². The number of carbonyl (C=O) groups is 3. The fourth-order valence-corrected chi connectivity index (χ4v) is 2.48. The quantitative estimate of drug-likeness (QED) is 0.867. The topological polar surface area (TPSA) is 78.5 Å². The predicted octanol–water partition coefficient (Wildman–Crippen LogP) is 1.40. The molecule has 1 fully saturated rings. The molecule has 130 valence electrons. The summed E-state index contributed by atoms with van der Waals surface area (Å²) >= 11 is 0. The molecule has 1 aromatic rings. The van der Waals surface area contributed by atoms with Gasteiger partial charge in [-0.3, -0.25) is 14.4 Å². The average Bonchev–Trinajstić information content (AvgIpc) is 2.86. The van der Waals surface area contributed by atoms with Crippen molar-refractivity contribution in [3.63, 3.8) is 0 Å². The molecule has 3 amide bonds. The van der Waals surface area contributed by atoms with Crippen LogP contribution in [-0.2, 0) is 9.59 Å². The van der Waals surface area contributed by atoms with Gasteiger partial charge in [0.2, 0.25) is 11.8 Å². The summed E-state index contributed by atoms with van der Waals surface area (Å²) in [5.74, 6) is -2.61. The first-order valence-electron chi connectivity index (χ1n) is 7.18. The van der Waals surface area contributed by atoms with Crippen molar-refractivity contribution in [2.75, 3.05) is 25.5 Å². The number of rotatable bonds is 4. The van der Waals surface area contributed by atoms with Crippen LogP contribution in [0.5, 0.6) is 0 Å². The number of nitrogens with zero attached hydrogens (tertiary/aromatic N) is 1. The van der Waals surface area contributed by atoms with Crippen LogP contribution in [0, 0.1) is 5.92 Å². The largest absolute Gasteiger partial charge is 0.406 e. The third-order valence-electron chi connectivity index (χ3n) is 3.61. The van der Waals surface area contributed by atoms with Crippen LogP contribution in [0.4, 0.5) is 18.9 Å². The van der Waals surface area contributed by atoms with Gasteiger partial charge >= 0.3 is 6.18 Å². The Morgan fingerprint density at radius 3 is 2.58 bits per heavy atom. The zero-order chi connectivity index (χ0) is 17.9. The molecule has 2 rings (SSSR count). The summed E-state index contributed by atoms with van der Waals surface area (Å²) in [5.41, 5.74) is 0.466. The van der Waals surface area contributed by atoms with E-state index in [1.807, 2.05) is 0 Å². The van der Waals surface area contributed by atoms with Gasteiger partial charge in [0.1, 0.15) is 6.54 Å². The molecular weight excluding hydrogens is 327 g/mol. The summed E-state index contributed by atoms with van der Waals surface area (Å²) in [5, 5.41) is 4.94. The third kappa shape index (κ3) is 4.24. The highest BCUT2D eigenvalue weighted by atomic mass is 19.4. The molecular formula is C15H16F3N3O3. The Labute approximate surface area is 136 Å². The van der Waals surface area contributed by atoms with Crippen molar-refractivity contribution in [2.45, 2.75) is 12.6 Å². The van der Waals surface area contributed by atoms with E-state index < -0.39 is 36.4 Å². The summed E-state index contributed by atoms with van der Waals surface area (Å²) in [7, 11) is 1.44. The monoisotopic (exact) mass is 343 g/mol. The van der Waals surface area contributed by atoms with Crippen molar-refractivity contribution in [2.24, 2.45) is 5.92 Å². The van der Waals surface area contributed by atoms with Crippen LogP contribution in [0.25, 0.3) is 0 Å². The van der Waals surface area contributed by atoms with Crippen molar-refractivity contribution >= 4 is 23.4 Å². The first kappa shape index (κ1) is 17.8. The van der Waals surface area contributed by atoms with Crippen LogP contribution < -0.4 is 10.6 Å². The van der Waals surface area contributed by atoms with E-state index in [4.69, 9.17) is 0 Å². The van der Waals surface area contributed by atoms with Crippen molar-refractivity contribution in [3.05, 3.63) is 29.8 Å². The number of alkyl halides is 3. The smallest absolute Gasteiger partial charge is 0.355 e. The number of hydrogen-bond donors (Lipinski definition) is 2. The van der Waals surface area contributed by atoms with Crippen LogP contribution in [0.3, 0.4) is 0 Å². The molecule has 1 aliphatic heterocycles. The Kier molecular flexibility index (Phi) is 5.10. The second-order valence-electron chi connectivity index (χ2n) is 5.40. The first-order valence-corrected chi connectivity index (χ1v) is 7.18. The zero-order valence-corrected chi connectivity index (χ0v) is 12.8. The van der Waals surface area contributed by atoms with E-state index in [1.165, 1.54) is 19.2 Å². The lowest BCUT2D eigenvalue weighted by molar-refractivity contribution is -0.157. The minimum Gasteiger partial charge on any atom is -0.355 e. The predicted molar refractivity (Wildman–Crippen MR) is 79.2 cm³/mol. The molecule has 0 radical (unpaired) electrons. The van der Waals surface area contributed by atoms with Crippen molar-refractivity contribution in [3.8, 4) is 0 Å². The third-order valence-corrected chi connectivity index (χ3v) is 3.61. The van der Waals surface area contributed by atoms with Crippen LogP contribution >= 0.6 is 0 Å². The highest BCUT2D eigenvalue weighted by Gasteiger charge is 2.40. The molecule has 1 atom stereocenters. The maximum absolute atomic E-state index is 12.4. The summed E-state index contributed by atoms with van der Waals surface area (Å²) in [4.78, 5) is 36.2. The number of likely N-dealkylation sites (tertiary alicyclic amines) is 1. The van der Waals surface area contributed by atoms with Gasteiger partial charge in [-0.1, -0.05) is 12.1 Å². The minimum absolute atomic E-state index is 0.227. The number of amides is 3. The number of hydrogen-bond acceptors (Lipinski definition) is 3. The molecule has 1 aromatic carbocycles. The molecule has 6 nitrogen and oxygen atoms in total. The Morgan fingerprint density at radius 2 is 1.96 bits per heavy atom.